The lowest BCUT2D eigenvalue weighted by molar-refractivity contribution is -0.142. The maximum atomic E-state index is 13.2. The summed E-state index contributed by atoms with van der Waals surface area (Å²) in [5.41, 5.74) is 3.45. The quantitative estimate of drug-likeness (QED) is 0.387. The van der Waals surface area contributed by atoms with E-state index in [0.29, 0.717) is 29.1 Å². The van der Waals surface area contributed by atoms with Crippen molar-refractivity contribution >= 4 is 23.1 Å². The lowest BCUT2D eigenvalue weighted by Gasteiger charge is -2.48. The summed E-state index contributed by atoms with van der Waals surface area (Å²) in [6.07, 6.45) is 8.26. The van der Waals surface area contributed by atoms with E-state index in [1.807, 2.05) is 18.2 Å². The Morgan fingerprint density at radius 1 is 1.26 bits per heavy atom. The second-order valence-corrected chi connectivity index (χ2v) is 10.2. The van der Waals surface area contributed by atoms with Gasteiger partial charge >= 0.3 is 5.97 Å². The molecule has 0 spiro atoms. The number of rotatable bonds is 8. The molecule has 5 rings (SSSR count). The SMILES string of the molecule is CCOC(=O)CCNC(=O)c1cnc(-c2ccc3cc(C#N)cnn23)cc1NC12CCCC(C1)C(O)CC2. The zero-order valence-electron chi connectivity index (χ0n) is 21.4. The number of aliphatic hydroxyl groups excluding tert-OH is 1. The average Bonchev–Trinajstić information content (AvgIpc) is 3.34. The summed E-state index contributed by atoms with van der Waals surface area (Å²) >= 11 is 0. The van der Waals surface area contributed by atoms with E-state index < -0.39 is 0 Å². The summed E-state index contributed by atoms with van der Waals surface area (Å²) in [4.78, 5) is 29.5. The maximum absolute atomic E-state index is 13.2. The van der Waals surface area contributed by atoms with Crippen LogP contribution in [0.15, 0.2) is 36.7 Å². The van der Waals surface area contributed by atoms with Gasteiger partial charge in [0.15, 0.2) is 0 Å². The molecule has 2 bridgehead atoms. The molecule has 2 fully saturated rings. The fourth-order valence-corrected chi connectivity index (χ4v) is 5.83. The topological polar surface area (TPSA) is 142 Å². The van der Waals surface area contributed by atoms with Crippen molar-refractivity contribution < 1.29 is 19.4 Å². The monoisotopic (exact) mass is 516 g/mol. The third-order valence-corrected chi connectivity index (χ3v) is 7.71. The van der Waals surface area contributed by atoms with Crippen LogP contribution >= 0.6 is 0 Å². The number of hydrogen-bond donors (Lipinski definition) is 3. The van der Waals surface area contributed by atoms with Crippen molar-refractivity contribution in [3.8, 4) is 17.5 Å². The normalized spacial score (nSPS) is 22.4. The van der Waals surface area contributed by atoms with Gasteiger partial charge in [0.1, 0.15) is 6.07 Å². The molecular formula is C28H32N6O4. The van der Waals surface area contributed by atoms with Crippen LogP contribution in [0, 0.1) is 17.2 Å². The van der Waals surface area contributed by atoms with Crippen molar-refractivity contribution in [1.82, 2.24) is 19.9 Å². The Morgan fingerprint density at radius 3 is 2.95 bits per heavy atom. The van der Waals surface area contributed by atoms with E-state index in [9.17, 15) is 20.0 Å². The van der Waals surface area contributed by atoms with Gasteiger partial charge in [0.25, 0.3) is 5.91 Å². The molecule has 10 heteroatoms. The minimum atomic E-state index is -0.361. The summed E-state index contributed by atoms with van der Waals surface area (Å²) in [5.74, 6) is -0.437. The van der Waals surface area contributed by atoms with Crippen LogP contribution in [0.4, 0.5) is 5.69 Å². The number of fused-ring (bicyclic) bond motifs is 3. The molecule has 2 aliphatic rings. The van der Waals surface area contributed by atoms with Crippen molar-refractivity contribution in [3.05, 3.63) is 47.8 Å². The molecule has 198 valence electrons. The third-order valence-electron chi connectivity index (χ3n) is 7.71. The van der Waals surface area contributed by atoms with Crippen molar-refractivity contribution in [1.29, 1.82) is 5.26 Å². The smallest absolute Gasteiger partial charge is 0.307 e. The number of aromatic nitrogens is 3. The summed E-state index contributed by atoms with van der Waals surface area (Å²) in [6.45, 7) is 2.20. The van der Waals surface area contributed by atoms with E-state index in [1.54, 1.807) is 23.7 Å². The lowest BCUT2D eigenvalue weighted by atomic mass is 9.66. The molecule has 38 heavy (non-hydrogen) atoms. The highest BCUT2D eigenvalue weighted by molar-refractivity contribution is 6.00. The van der Waals surface area contributed by atoms with Gasteiger partial charge in [-0.05, 0) is 69.2 Å². The molecule has 10 nitrogen and oxygen atoms in total. The molecule has 2 saturated carbocycles. The molecule has 3 unspecified atom stereocenters. The Hall–Kier alpha value is -3.97. The Balaban J connectivity index is 1.47. The Kier molecular flexibility index (Phi) is 7.29. The average molecular weight is 517 g/mol. The molecule has 0 saturated heterocycles. The van der Waals surface area contributed by atoms with Gasteiger partial charge in [-0.3, -0.25) is 14.6 Å². The first-order chi connectivity index (χ1) is 18.4. The first-order valence-corrected chi connectivity index (χ1v) is 13.2. The van der Waals surface area contributed by atoms with Crippen LogP contribution in [0.1, 0.15) is 67.8 Å². The maximum Gasteiger partial charge on any atom is 0.307 e. The van der Waals surface area contributed by atoms with Crippen LogP contribution in [0.3, 0.4) is 0 Å². The van der Waals surface area contributed by atoms with E-state index in [2.05, 4.69) is 26.8 Å². The van der Waals surface area contributed by atoms with Crippen LogP contribution in [0.25, 0.3) is 16.9 Å². The fraction of sp³-hybridized carbons (Fsp3) is 0.464. The zero-order chi connectivity index (χ0) is 26.7. The lowest BCUT2D eigenvalue weighted by Crippen LogP contribution is -2.50. The van der Waals surface area contributed by atoms with Crippen LogP contribution in [-0.2, 0) is 9.53 Å². The number of pyridine rings is 1. The Morgan fingerprint density at radius 2 is 2.13 bits per heavy atom. The Labute approximate surface area is 221 Å². The number of carbonyl (C=O) groups excluding carboxylic acids is 2. The van der Waals surface area contributed by atoms with Gasteiger partial charge < -0.3 is 20.5 Å². The summed E-state index contributed by atoms with van der Waals surface area (Å²) in [7, 11) is 0. The molecule has 2 aliphatic carbocycles. The van der Waals surface area contributed by atoms with Gasteiger partial charge in [0.2, 0.25) is 0 Å². The van der Waals surface area contributed by atoms with Crippen LogP contribution < -0.4 is 10.6 Å². The number of ether oxygens (including phenoxy) is 1. The van der Waals surface area contributed by atoms with E-state index in [-0.39, 0.29) is 42.4 Å². The number of nitriles is 1. The summed E-state index contributed by atoms with van der Waals surface area (Å²) in [5, 5.41) is 30.6. The van der Waals surface area contributed by atoms with Gasteiger partial charge in [-0.25, -0.2) is 4.52 Å². The molecule has 1 amide bonds. The van der Waals surface area contributed by atoms with Crippen LogP contribution in [-0.4, -0.2) is 56.4 Å². The largest absolute Gasteiger partial charge is 0.466 e. The zero-order valence-corrected chi connectivity index (χ0v) is 21.4. The van der Waals surface area contributed by atoms with Crippen molar-refractivity contribution in [3.63, 3.8) is 0 Å². The first-order valence-electron chi connectivity index (χ1n) is 13.2. The molecule has 0 aromatic carbocycles. The highest BCUT2D eigenvalue weighted by Gasteiger charge is 2.43. The molecular weight excluding hydrogens is 484 g/mol. The minimum Gasteiger partial charge on any atom is -0.466 e. The van der Waals surface area contributed by atoms with E-state index in [1.165, 1.54) is 6.20 Å². The molecule has 0 radical (unpaired) electrons. The number of carbonyl (C=O) groups is 2. The van der Waals surface area contributed by atoms with Gasteiger partial charge in [-0.15, -0.1) is 0 Å². The van der Waals surface area contributed by atoms with E-state index in [0.717, 1.165) is 49.7 Å². The standard InChI is InChI=1S/C28H32N6O4/c1-2-38-26(36)8-11-30-27(37)21-17-31-23(24-6-5-20-12-18(15-29)16-32-34(20)24)13-22(21)33-28-9-3-4-19(14-28)25(35)7-10-28/h5-6,12-13,16-17,19,25,35H,2-4,7-11,14H2,1H3,(H,30,37)(H,31,33). The predicted molar refractivity (Wildman–Crippen MR) is 140 cm³/mol. The van der Waals surface area contributed by atoms with Crippen molar-refractivity contribution in [2.24, 2.45) is 5.92 Å². The Bertz CT molecular complexity index is 1400. The second kappa shape index (κ2) is 10.8. The van der Waals surface area contributed by atoms with Gasteiger partial charge in [-0.2, -0.15) is 10.4 Å². The van der Waals surface area contributed by atoms with Crippen LogP contribution in [0.2, 0.25) is 0 Å². The highest BCUT2D eigenvalue weighted by atomic mass is 16.5. The molecule has 3 aromatic heterocycles. The molecule has 3 atom stereocenters. The highest BCUT2D eigenvalue weighted by Crippen LogP contribution is 2.45. The molecule has 0 aliphatic heterocycles. The van der Waals surface area contributed by atoms with E-state index >= 15 is 0 Å². The number of nitrogens with zero attached hydrogens (tertiary/aromatic N) is 4. The fourth-order valence-electron chi connectivity index (χ4n) is 5.83. The van der Waals surface area contributed by atoms with Gasteiger partial charge in [0, 0.05) is 18.3 Å². The molecule has 3 aromatic rings. The summed E-state index contributed by atoms with van der Waals surface area (Å²) < 4.78 is 6.67. The number of anilines is 1. The number of hydrogen-bond acceptors (Lipinski definition) is 8. The number of amides is 1. The van der Waals surface area contributed by atoms with Gasteiger partial charge in [-0.1, -0.05) is 6.42 Å². The van der Waals surface area contributed by atoms with Crippen LogP contribution in [0.5, 0.6) is 0 Å². The van der Waals surface area contributed by atoms with E-state index in [4.69, 9.17) is 4.74 Å². The second-order valence-electron chi connectivity index (χ2n) is 10.2. The molecule has 3 N–H and O–H groups in total. The third kappa shape index (κ3) is 5.20. The van der Waals surface area contributed by atoms with Crippen molar-refractivity contribution in [2.45, 2.75) is 63.5 Å². The molecule has 3 heterocycles. The number of nitrogens with one attached hydrogen (secondary N) is 2. The summed E-state index contributed by atoms with van der Waals surface area (Å²) in [6, 6.07) is 9.49. The van der Waals surface area contributed by atoms with Gasteiger partial charge in [0.05, 0.1) is 59.0 Å². The first kappa shape index (κ1) is 25.7. The predicted octanol–water partition coefficient (Wildman–Crippen LogP) is 3.45. The van der Waals surface area contributed by atoms with Crippen molar-refractivity contribution in [2.75, 3.05) is 18.5 Å². The number of aliphatic hydroxyl groups is 1. The minimum absolute atomic E-state index is 0.0872. The number of esters is 1.